The number of nitrogens with zero attached hydrogens (tertiary/aromatic N) is 2. The van der Waals surface area contributed by atoms with Crippen molar-refractivity contribution >= 4 is 18.4 Å². The predicted molar refractivity (Wildman–Crippen MR) is 129 cm³/mol. The molecular weight excluding hydrogens is 407 g/mol. The van der Waals surface area contributed by atoms with Crippen LogP contribution in [0.3, 0.4) is 0 Å². The van der Waals surface area contributed by atoms with Crippen molar-refractivity contribution in [3.8, 4) is 0 Å². The zero-order chi connectivity index (χ0) is 21.1. The average Bonchev–Trinajstić information content (AvgIpc) is 3.00. The van der Waals surface area contributed by atoms with Gasteiger partial charge < -0.3 is 4.52 Å². The van der Waals surface area contributed by atoms with Gasteiger partial charge in [-0.05, 0) is 49.0 Å². The molecule has 0 aliphatic carbocycles. The monoisotopic (exact) mass is 436 g/mol. The Balaban J connectivity index is 1.76. The molecule has 0 bridgehead atoms. The van der Waals surface area contributed by atoms with Crippen molar-refractivity contribution < 1.29 is 4.52 Å². The average molecular weight is 437 g/mol. The van der Waals surface area contributed by atoms with Crippen LogP contribution in [-0.2, 0) is 16.3 Å². The Morgan fingerprint density at radius 2 is 1.17 bits per heavy atom. The highest BCUT2D eigenvalue weighted by Crippen LogP contribution is 2.70. The van der Waals surface area contributed by atoms with Crippen molar-refractivity contribution in [2.45, 2.75) is 31.5 Å². The summed E-state index contributed by atoms with van der Waals surface area (Å²) in [4.78, 5) is 0. The highest BCUT2D eigenvalue weighted by molar-refractivity contribution is 8.10. The Labute approximate surface area is 185 Å². The number of hydrogen-bond acceptors (Lipinski definition) is 2. The standard InChI is InChI=1S/C25H29N2OPS/c1-4-23(20-14-8-5-9-15-20)28-29(30)26(2)24(21-16-10-6-11-17-21)25(27(29)3)22-18-12-7-13-19-22/h5-19,23-25H,4H2,1-3H3/t23-,24+,25+/m0/s1. The molecule has 0 unspecified atom stereocenters. The van der Waals surface area contributed by atoms with Crippen LogP contribution in [0, 0.1) is 0 Å². The molecule has 4 rings (SSSR count). The van der Waals surface area contributed by atoms with E-state index in [1.54, 1.807) is 0 Å². The minimum Gasteiger partial charge on any atom is -0.319 e. The molecule has 1 aliphatic rings. The van der Waals surface area contributed by atoms with E-state index in [0.717, 1.165) is 6.42 Å². The van der Waals surface area contributed by atoms with E-state index in [-0.39, 0.29) is 18.2 Å². The molecule has 3 aromatic rings. The van der Waals surface area contributed by atoms with Crippen LogP contribution in [-0.4, -0.2) is 23.4 Å². The van der Waals surface area contributed by atoms with Crippen LogP contribution in [0.15, 0.2) is 91.0 Å². The third-order valence-electron chi connectivity index (χ3n) is 5.99. The highest BCUT2D eigenvalue weighted by atomic mass is 32.5. The largest absolute Gasteiger partial charge is 0.319 e. The van der Waals surface area contributed by atoms with E-state index in [4.69, 9.17) is 16.3 Å². The molecule has 1 saturated heterocycles. The van der Waals surface area contributed by atoms with Gasteiger partial charge in [-0.2, -0.15) is 0 Å². The zero-order valence-electron chi connectivity index (χ0n) is 17.8. The summed E-state index contributed by atoms with van der Waals surface area (Å²) in [6, 6.07) is 32.1. The molecule has 0 radical (unpaired) electrons. The van der Waals surface area contributed by atoms with Crippen molar-refractivity contribution in [3.63, 3.8) is 0 Å². The molecule has 3 nitrogen and oxygen atoms in total. The molecule has 30 heavy (non-hydrogen) atoms. The van der Waals surface area contributed by atoms with Crippen LogP contribution < -0.4 is 0 Å². The summed E-state index contributed by atoms with van der Waals surface area (Å²) >= 11 is 6.35. The molecule has 3 aromatic carbocycles. The summed E-state index contributed by atoms with van der Waals surface area (Å²) in [5.74, 6) is 0. The Morgan fingerprint density at radius 1 is 0.767 bits per heavy atom. The second kappa shape index (κ2) is 9.13. The van der Waals surface area contributed by atoms with Gasteiger partial charge >= 0.3 is 0 Å². The normalized spacial score (nSPS) is 22.8. The summed E-state index contributed by atoms with van der Waals surface area (Å²) in [6.07, 6.45) is 0.865. The molecule has 1 fully saturated rings. The lowest BCUT2D eigenvalue weighted by Crippen LogP contribution is -2.20. The predicted octanol–water partition coefficient (Wildman–Crippen LogP) is 6.74. The lowest BCUT2D eigenvalue weighted by molar-refractivity contribution is 0.197. The number of rotatable bonds is 6. The van der Waals surface area contributed by atoms with Gasteiger partial charge in [-0.15, -0.1) is 0 Å². The fraction of sp³-hybridized carbons (Fsp3) is 0.280. The summed E-state index contributed by atoms with van der Waals surface area (Å²) in [7, 11) is 4.27. The van der Waals surface area contributed by atoms with Gasteiger partial charge in [-0.1, -0.05) is 97.9 Å². The molecule has 1 heterocycles. The van der Waals surface area contributed by atoms with Crippen molar-refractivity contribution in [2.24, 2.45) is 0 Å². The lowest BCUT2D eigenvalue weighted by atomic mass is 9.93. The van der Waals surface area contributed by atoms with Crippen LogP contribution in [0.4, 0.5) is 0 Å². The lowest BCUT2D eigenvalue weighted by Gasteiger charge is -2.34. The van der Waals surface area contributed by atoms with Gasteiger partial charge in [-0.3, -0.25) is 0 Å². The topological polar surface area (TPSA) is 15.7 Å². The van der Waals surface area contributed by atoms with Gasteiger partial charge in [0.25, 0.3) is 0 Å². The van der Waals surface area contributed by atoms with Gasteiger partial charge in [0.1, 0.15) is 0 Å². The molecule has 0 amide bonds. The fourth-order valence-corrected chi connectivity index (χ4v) is 7.81. The zero-order valence-corrected chi connectivity index (χ0v) is 19.5. The molecule has 0 spiro atoms. The third kappa shape index (κ3) is 3.91. The first-order valence-electron chi connectivity index (χ1n) is 10.5. The van der Waals surface area contributed by atoms with Gasteiger partial charge in [0, 0.05) is 0 Å². The second-order valence-electron chi connectivity index (χ2n) is 7.76. The van der Waals surface area contributed by atoms with Crippen LogP contribution in [0.2, 0.25) is 0 Å². The summed E-state index contributed by atoms with van der Waals surface area (Å²) in [6.45, 7) is -0.268. The maximum Gasteiger partial charge on any atom is 0.204 e. The minimum absolute atomic E-state index is 0.0205. The molecule has 5 heteroatoms. The summed E-state index contributed by atoms with van der Waals surface area (Å²) in [5, 5.41) is 0. The summed E-state index contributed by atoms with van der Waals surface area (Å²) < 4.78 is 11.5. The first kappa shape index (κ1) is 21.4. The Hall–Kier alpha value is -1.81. The van der Waals surface area contributed by atoms with E-state index in [1.165, 1.54) is 16.7 Å². The van der Waals surface area contributed by atoms with Crippen LogP contribution in [0.5, 0.6) is 0 Å². The Kier molecular flexibility index (Phi) is 6.52. The van der Waals surface area contributed by atoms with Crippen molar-refractivity contribution in [3.05, 3.63) is 108 Å². The Morgan fingerprint density at radius 3 is 1.57 bits per heavy atom. The Bertz CT molecular complexity index is 944. The molecule has 156 valence electrons. The maximum absolute atomic E-state index is 6.84. The van der Waals surface area contributed by atoms with Gasteiger partial charge in [0.05, 0.1) is 18.2 Å². The van der Waals surface area contributed by atoms with Crippen molar-refractivity contribution in [1.29, 1.82) is 0 Å². The number of benzene rings is 3. The van der Waals surface area contributed by atoms with Crippen molar-refractivity contribution in [2.75, 3.05) is 14.1 Å². The van der Waals surface area contributed by atoms with Gasteiger partial charge in [-0.25, -0.2) is 9.34 Å². The van der Waals surface area contributed by atoms with Gasteiger partial charge in [0.2, 0.25) is 6.57 Å². The number of hydrogen-bond donors (Lipinski definition) is 0. The maximum atomic E-state index is 6.84. The molecule has 3 atom stereocenters. The van der Waals surface area contributed by atoms with Crippen LogP contribution in [0.25, 0.3) is 0 Å². The SMILES string of the molecule is CC[C@H](OP1(=S)N(C)[C@H](c2ccccc2)[C@@H](c2ccccc2)N1C)c1ccccc1. The quantitative estimate of drug-likeness (QED) is 0.398. The summed E-state index contributed by atoms with van der Waals surface area (Å²) in [5.41, 5.74) is 3.72. The third-order valence-corrected chi connectivity index (χ3v) is 10.4. The van der Waals surface area contributed by atoms with Crippen LogP contribution in [0.1, 0.15) is 48.2 Å². The molecule has 0 saturated carbocycles. The molecular formula is C25H29N2OPS. The fourth-order valence-electron chi connectivity index (χ4n) is 4.40. The van der Waals surface area contributed by atoms with Crippen molar-refractivity contribution in [1.82, 2.24) is 9.34 Å². The van der Waals surface area contributed by atoms with E-state index in [2.05, 4.69) is 115 Å². The number of likely N-dealkylation sites (N-methyl/N-ethyl adjacent to an activating group) is 2. The van der Waals surface area contributed by atoms with E-state index < -0.39 is 6.57 Å². The molecule has 0 N–H and O–H groups in total. The highest BCUT2D eigenvalue weighted by Gasteiger charge is 2.51. The minimum atomic E-state index is -2.43. The van der Waals surface area contributed by atoms with E-state index in [1.807, 2.05) is 6.07 Å². The smallest absolute Gasteiger partial charge is 0.204 e. The van der Waals surface area contributed by atoms with E-state index >= 15 is 0 Å². The first-order chi connectivity index (χ1) is 14.6. The first-order valence-corrected chi connectivity index (χ1v) is 13.1. The molecule has 1 aliphatic heterocycles. The van der Waals surface area contributed by atoms with E-state index in [0.29, 0.717) is 0 Å². The van der Waals surface area contributed by atoms with E-state index in [9.17, 15) is 0 Å². The second-order valence-corrected chi connectivity index (χ2v) is 11.6. The van der Waals surface area contributed by atoms with Gasteiger partial charge in [0.15, 0.2) is 0 Å². The van der Waals surface area contributed by atoms with Crippen LogP contribution >= 0.6 is 6.57 Å². The molecule has 0 aromatic heterocycles.